The molecule has 0 saturated carbocycles. The standard InChI is InChI=1S/C31H11BBrF22/c33-10-20-22(34)24(36)21(25(37)23(20)35)32(17-4-11(26(38,39)40)1-12(5-17)27(41,42)43,18-6-13(28(44,45)46)2-14(7-18)29(47,48)49)19-8-15(30(50,51)52)3-16(9-19)31(53,54)55/h1-9H,10H2/q-1. The van der Waals surface area contributed by atoms with Gasteiger partial charge in [-0.2, -0.15) is 95.4 Å². The second kappa shape index (κ2) is 13.8. The van der Waals surface area contributed by atoms with Gasteiger partial charge in [0.1, 0.15) is 17.8 Å². The molecule has 0 unspecified atom stereocenters. The van der Waals surface area contributed by atoms with E-state index in [4.69, 9.17) is 0 Å². The summed E-state index contributed by atoms with van der Waals surface area (Å²) in [5.41, 5.74) is -27.3. The Labute approximate surface area is 299 Å². The summed E-state index contributed by atoms with van der Waals surface area (Å²) in [6, 6.07) is -6.63. The Balaban J connectivity index is 2.63. The van der Waals surface area contributed by atoms with E-state index in [0.29, 0.717) is 0 Å². The summed E-state index contributed by atoms with van der Waals surface area (Å²) in [7, 11) is 0. The van der Waals surface area contributed by atoms with Gasteiger partial charge in [0.15, 0.2) is 11.6 Å². The molecule has 0 nitrogen and oxygen atoms in total. The molecule has 4 aromatic carbocycles. The van der Waals surface area contributed by atoms with Crippen LogP contribution in [0.15, 0.2) is 54.6 Å². The number of hydrogen-bond donors (Lipinski definition) is 0. The van der Waals surface area contributed by atoms with Crippen molar-refractivity contribution >= 4 is 43.9 Å². The number of rotatable bonds is 5. The van der Waals surface area contributed by atoms with Crippen LogP contribution in [0.25, 0.3) is 0 Å². The minimum absolute atomic E-state index is 0.705. The van der Waals surface area contributed by atoms with Gasteiger partial charge in [-0.25, -0.2) is 17.6 Å². The molecule has 0 saturated heterocycles. The third-order valence-corrected chi connectivity index (χ3v) is 8.85. The van der Waals surface area contributed by atoms with Crippen LogP contribution in [0.1, 0.15) is 38.9 Å². The maximum absolute atomic E-state index is 16.3. The van der Waals surface area contributed by atoms with Gasteiger partial charge in [0.05, 0.1) is 33.4 Å². The van der Waals surface area contributed by atoms with Crippen LogP contribution < -0.4 is 21.9 Å². The first-order valence-electron chi connectivity index (χ1n) is 14.1. The summed E-state index contributed by atoms with van der Waals surface area (Å²) in [4.78, 5) is 0. The highest BCUT2D eigenvalue weighted by Crippen LogP contribution is 2.40. The van der Waals surface area contributed by atoms with E-state index in [-0.39, 0.29) is 0 Å². The molecule has 0 amide bonds. The molecule has 0 aliphatic heterocycles. The number of alkyl halides is 19. The van der Waals surface area contributed by atoms with Crippen molar-refractivity contribution in [2.75, 3.05) is 0 Å². The summed E-state index contributed by atoms with van der Waals surface area (Å²) in [6.45, 7) is 0. The molecule has 0 bridgehead atoms. The Bertz CT molecular complexity index is 1810. The molecule has 0 aliphatic rings. The average molecular weight is 892 g/mol. The predicted octanol–water partition coefficient (Wildman–Crippen LogP) is 10.6. The van der Waals surface area contributed by atoms with E-state index in [9.17, 15) is 79.0 Å². The number of hydrogen-bond acceptors (Lipinski definition) is 0. The maximum atomic E-state index is 16.3. The summed E-state index contributed by atoms with van der Waals surface area (Å²) in [5.74, 6) is -11.6. The molecule has 24 heteroatoms. The predicted molar refractivity (Wildman–Crippen MR) is 153 cm³/mol. The van der Waals surface area contributed by atoms with Crippen molar-refractivity contribution in [1.82, 2.24) is 0 Å². The van der Waals surface area contributed by atoms with E-state index in [2.05, 4.69) is 15.9 Å². The second-order valence-corrected chi connectivity index (χ2v) is 12.2. The van der Waals surface area contributed by atoms with Crippen molar-refractivity contribution < 1.29 is 96.6 Å². The van der Waals surface area contributed by atoms with E-state index in [1.807, 2.05) is 0 Å². The zero-order valence-corrected chi connectivity index (χ0v) is 27.3. The molecule has 0 aliphatic carbocycles. The van der Waals surface area contributed by atoms with Crippen LogP contribution in [0.2, 0.25) is 0 Å². The lowest BCUT2D eigenvalue weighted by molar-refractivity contribution is -0.144. The largest absolute Gasteiger partial charge is 0.416 e. The quantitative estimate of drug-likeness (QED) is 0.0811. The van der Waals surface area contributed by atoms with Crippen molar-refractivity contribution in [2.24, 2.45) is 0 Å². The minimum Gasteiger partial charge on any atom is -0.207 e. The molecule has 0 aromatic heterocycles. The van der Waals surface area contributed by atoms with Gasteiger partial charge in [-0.1, -0.05) is 52.3 Å². The van der Waals surface area contributed by atoms with E-state index in [1.54, 1.807) is 0 Å². The highest BCUT2D eigenvalue weighted by Gasteiger charge is 2.47. The first-order valence-corrected chi connectivity index (χ1v) is 15.3. The SMILES string of the molecule is Fc1c(F)c([B-](c2cc(C(F)(F)F)cc(C(F)(F)F)c2)(c2cc(C(F)(F)F)cc(C(F)(F)F)c2)c2cc(C(F)(F)F)cc(C(F)(F)F)c2)c(F)c(F)c1CBr. The summed E-state index contributed by atoms with van der Waals surface area (Å²) in [6.07, 6.45) is -42.6. The van der Waals surface area contributed by atoms with Crippen LogP contribution in [-0.2, 0) is 42.4 Å². The Morgan fingerprint density at radius 2 is 0.545 bits per heavy atom. The smallest absolute Gasteiger partial charge is 0.207 e. The molecule has 4 rings (SSSR count). The minimum atomic E-state index is -6.10. The summed E-state index contributed by atoms with van der Waals surface area (Å²) >= 11 is 2.37. The van der Waals surface area contributed by atoms with Crippen LogP contribution in [0, 0.1) is 23.3 Å². The van der Waals surface area contributed by atoms with E-state index in [0.717, 1.165) is 0 Å². The fourth-order valence-electron chi connectivity index (χ4n) is 5.96. The molecule has 55 heavy (non-hydrogen) atoms. The van der Waals surface area contributed by atoms with Gasteiger partial charge in [0.2, 0.25) is 0 Å². The highest BCUT2D eigenvalue weighted by molar-refractivity contribution is 9.08. The third-order valence-electron chi connectivity index (χ3n) is 8.28. The summed E-state index contributed by atoms with van der Waals surface area (Å²) in [5, 5.41) is -1.27. The van der Waals surface area contributed by atoms with E-state index >= 15 is 17.6 Å². The van der Waals surface area contributed by atoms with Crippen molar-refractivity contribution in [3.05, 3.63) is 117 Å². The van der Waals surface area contributed by atoms with E-state index < -0.39 is 187 Å². The average Bonchev–Trinajstić information content (AvgIpc) is 3.03. The van der Waals surface area contributed by atoms with Crippen LogP contribution >= 0.6 is 15.9 Å². The molecule has 4 aromatic rings. The van der Waals surface area contributed by atoms with Crippen LogP contribution in [0.4, 0.5) is 96.6 Å². The zero-order valence-electron chi connectivity index (χ0n) is 25.7. The normalized spacial score (nSPS) is 13.8. The fraction of sp³-hybridized carbons (Fsp3) is 0.226. The lowest BCUT2D eigenvalue weighted by atomic mass is 9.12. The molecule has 0 N–H and O–H groups in total. The topological polar surface area (TPSA) is 0 Å². The molecule has 300 valence electrons. The molecular weight excluding hydrogens is 881 g/mol. The van der Waals surface area contributed by atoms with Gasteiger partial charge < -0.3 is 0 Å². The van der Waals surface area contributed by atoms with Crippen LogP contribution in [0.3, 0.4) is 0 Å². The monoisotopic (exact) mass is 891 g/mol. The molecule has 0 fully saturated rings. The van der Waals surface area contributed by atoms with Gasteiger partial charge in [-0.15, -0.1) is 5.46 Å². The van der Waals surface area contributed by atoms with Crippen LogP contribution in [0.5, 0.6) is 0 Å². The summed E-state index contributed by atoms with van der Waals surface area (Å²) < 4.78 is 319. The Morgan fingerprint density at radius 3 is 0.709 bits per heavy atom. The second-order valence-electron chi connectivity index (χ2n) is 11.7. The Kier molecular flexibility index (Phi) is 11.0. The lowest BCUT2D eigenvalue weighted by Crippen LogP contribution is -2.77. The third kappa shape index (κ3) is 8.23. The Morgan fingerprint density at radius 1 is 0.345 bits per heavy atom. The molecule has 0 atom stereocenters. The lowest BCUT2D eigenvalue weighted by Gasteiger charge is -2.46. The van der Waals surface area contributed by atoms with Gasteiger partial charge in [-0.3, -0.25) is 0 Å². The first kappa shape index (κ1) is 43.6. The molecule has 0 spiro atoms. The fourth-order valence-corrected chi connectivity index (χ4v) is 6.45. The van der Waals surface area contributed by atoms with E-state index in [1.165, 1.54) is 0 Å². The van der Waals surface area contributed by atoms with Crippen LogP contribution in [-0.4, -0.2) is 6.15 Å². The molecular formula is C31H11BBrF22-. The van der Waals surface area contributed by atoms with Crippen molar-refractivity contribution in [3.63, 3.8) is 0 Å². The first-order chi connectivity index (χ1) is 24.7. The van der Waals surface area contributed by atoms with Gasteiger partial charge in [-0.05, 0) is 18.2 Å². The Hall–Kier alpha value is -4.12. The van der Waals surface area contributed by atoms with Crippen molar-refractivity contribution in [2.45, 2.75) is 42.4 Å². The maximum Gasteiger partial charge on any atom is 0.416 e. The molecule has 0 radical (unpaired) electrons. The van der Waals surface area contributed by atoms with Gasteiger partial charge >= 0.3 is 37.1 Å². The molecule has 0 heterocycles. The van der Waals surface area contributed by atoms with Crippen molar-refractivity contribution in [3.8, 4) is 0 Å². The zero-order chi connectivity index (χ0) is 42.2. The van der Waals surface area contributed by atoms with Crippen molar-refractivity contribution in [1.29, 1.82) is 0 Å². The number of halogens is 23. The van der Waals surface area contributed by atoms with Gasteiger partial charge in [0, 0.05) is 10.9 Å². The number of benzene rings is 4. The van der Waals surface area contributed by atoms with Gasteiger partial charge in [0.25, 0.3) is 0 Å². The highest BCUT2D eigenvalue weighted by atomic mass is 79.9.